The van der Waals surface area contributed by atoms with Gasteiger partial charge in [-0.15, -0.1) is 6.58 Å². The van der Waals surface area contributed by atoms with Crippen molar-refractivity contribution >= 4 is 22.8 Å². The highest BCUT2D eigenvalue weighted by molar-refractivity contribution is 7.99. The van der Waals surface area contributed by atoms with Crippen molar-refractivity contribution in [2.45, 2.75) is 18.5 Å². The van der Waals surface area contributed by atoms with Crippen molar-refractivity contribution in [3.05, 3.63) is 60.2 Å². The fourth-order valence-electron chi connectivity index (χ4n) is 2.58. The van der Waals surface area contributed by atoms with E-state index in [1.54, 1.807) is 18.9 Å². The van der Waals surface area contributed by atoms with Crippen molar-refractivity contribution in [1.82, 2.24) is 9.97 Å². The molecule has 0 atom stereocenters. The van der Waals surface area contributed by atoms with Gasteiger partial charge in [-0.25, -0.2) is 4.98 Å². The molecule has 130 valence electrons. The molecule has 0 aliphatic carbocycles. The minimum absolute atomic E-state index is 0.581. The number of H-pyrrole nitrogens is 1. The molecule has 0 radical (unpaired) electrons. The number of aryl methyl sites for hydroxylation is 1. The van der Waals surface area contributed by atoms with Crippen molar-refractivity contribution < 1.29 is 9.47 Å². The van der Waals surface area contributed by atoms with Gasteiger partial charge in [0, 0.05) is 5.75 Å². The smallest absolute Gasteiger partial charge is 0.166 e. The summed E-state index contributed by atoms with van der Waals surface area (Å²) in [6.07, 6.45) is 2.69. The van der Waals surface area contributed by atoms with E-state index in [0.29, 0.717) is 6.61 Å². The number of nitrogens with one attached hydrogen (secondary N) is 1. The van der Waals surface area contributed by atoms with E-state index in [-0.39, 0.29) is 0 Å². The Hall–Kier alpha value is -2.40. The molecular weight excluding hydrogens is 332 g/mol. The number of allylic oxidation sites excluding steroid dienone is 1. The zero-order valence-electron chi connectivity index (χ0n) is 14.5. The second-order valence-corrected chi connectivity index (χ2v) is 6.82. The number of hydrogen-bond acceptors (Lipinski definition) is 4. The molecule has 0 saturated heterocycles. The maximum Gasteiger partial charge on any atom is 0.166 e. The molecule has 0 spiro atoms. The van der Waals surface area contributed by atoms with Gasteiger partial charge < -0.3 is 14.5 Å². The zero-order chi connectivity index (χ0) is 17.6. The van der Waals surface area contributed by atoms with Crippen LogP contribution in [0.5, 0.6) is 11.5 Å². The molecule has 25 heavy (non-hydrogen) atoms. The number of ether oxygens (including phenoxy) is 2. The van der Waals surface area contributed by atoms with Crippen LogP contribution in [0.25, 0.3) is 11.0 Å². The van der Waals surface area contributed by atoms with Crippen molar-refractivity contribution in [1.29, 1.82) is 0 Å². The largest absolute Gasteiger partial charge is 0.493 e. The normalized spacial score (nSPS) is 10.8. The lowest BCUT2D eigenvalue weighted by atomic mass is 10.1. The third-order valence-corrected chi connectivity index (χ3v) is 4.64. The van der Waals surface area contributed by atoms with Crippen LogP contribution in [0.3, 0.4) is 0 Å². The predicted octanol–water partition coefficient (Wildman–Crippen LogP) is 4.78. The summed E-state index contributed by atoms with van der Waals surface area (Å²) in [6.45, 7) is 6.42. The van der Waals surface area contributed by atoms with Gasteiger partial charge in [-0.1, -0.05) is 30.0 Å². The van der Waals surface area contributed by atoms with Crippen molar-refractivity contribution in [3.8, 4) is 11.5 Å². The fraction of sp³-hybridized carbons (Fsp3) is 0.250. The minimum Gasteiger partial charge on any atom is -0.493 e. The van der Waals surface area contributed by atoms with Crippen molar-refractivity contribution in [2.75, 3.05) is 19.5 Å². The molecule has 5 heteroatoms. The molecule has 4 nitrogen and oxygen atoms in total. The Morgan fingerprint density at radius 2 is 2.08 bits per heavy atom. The molecule has 0 unspecified atom stereocenters. The molecule has 2 aromatic carbocycles. The summed E-state index contributed by atoms with van der Waals surface area (Å²) < 4.78 is 11.3. The van der Waals surface area contributed by atoms with Crippen LogP contribution in [-0.4, -0.2) is 29.4 Å². The van der Waals surface area contributed by atoms with Crippen molar-refractivity contribution in [2.24, 2.45) is 0 Å². The average molecular weight is 354 g/mol. The van der Waals surface area contributed by atoms with Crippen LogP contribution in [0.1, 0.15) is 11.1 Å². The Kier molecular flexibility index (Phi) is 5.66. The first kappa shape index (κ1) is 17.4. The van der Waals surface area contributed by atoms with Gasteiger partial charge in [0.2, 0.25) is 0 Å². The molecule has 3 rings (SSSR count). The second kappa shape index (κ2) is 8.12. The first-order chi connectivity index (χ1) is 12.2. The van der Waals surface area contributed by atoms with Gasteiger partial charge >= 0.3 is 0 Å². The quantitative estimate of drug-likeness (QED) is 0.359. The van der Waals surface area contributed by atoms with E-state index < -0.39 is 0 Å². The summed E-state index contributed by atoms with van der Waals surface area (Å²) in [7, 11) is 1.66. The molecule has 0 aliphatic heterocycles. The predicted molar refractivity (Wildman–Crippen MR) is 104 cm³/mol. The second-order valence-electron chi connectivity index (χ2n) is 5.74. The molecule has 0 saturated carbocycles. The van der Waals surface area contributed by atoms with Crippen LogP contribution in [0.4, 0.5) is 0 Å². The first-order valence-electron chi connectivity index (χ1n) is 8.19. The topological polar surface area (TPSA) is 47.1 Å². The fourth-order valence-corrected chi connectivity index (χ4v) is 3.29. The van der Waals surface area contributed by atoms with Crippen LogP contribution in [0.2, 0.25) is 0 Å². The first-order valence-corrected chi connectivity index (χ1v) is 9.18. The molecular formula is C20H22N2O2S. The summed E-state index contributed by atoms with van der Waals surface area (Å²) in [5, 5.41) is 0.914. The lowest BCUT2D eigenvalue weighted by Gasteiger charge is -2.11. The number of methoxy groups -OCH3 is 1. The maximum atomic E-state index is 5.86. The van der Waals surface area contributed by atoms with E-state index in [9.17, 15) is 0 Å². The Morgan fingerprint density at radius 1 is 1.20 bits per heavy atom. The Balaban J connectivity index is 1.56. The van der Waals surface area contributed by atoms with Crippen LogP contribution >= 0.6 is 11.8 Å². The van der Waals surface area contributed by atoms with Crippen LogP contribution in [0, 0.1) is 6.92 Å². The van der Waals surface area contributed by atoms with E-state index in [0.717, 1.165) is 45.4 Å². The van der Waals surface area contributed by atoms with Gasteiger partial charge in [0.1, 0.15) is 0 Å². The number of rotatable bonds is 8. The Morgan fingerprint density at radius 3 is 2.88 bits per heavy atom. The van der Waals surface area contributed by atoms with Gasteiger partial charge in [0.05, 0.1) is 24.8 Å². The number of nitrogens with zero attached hydrogens (tertiary/aromatic N) is 1. The van der Waals surface area contributed by atoms with Gasteiger partial charge in [0.25, 0.3) is 0 Å². The molecule has 0 bridgehead atoms. The monoisotopic (exact) mass is 354 g/mol. The highest BCUT2D eigenvalue weighted by Crippen LogP contribution is 2.29. The zero-order valence-corrected chi connectivity index (χ0v) is 15.4. The third-order valence-electron chi connectivity index (χ3n) is 3.80. The average Bonchev–Trinajstić information content (AvgIpc) is 3.01. The molecule has 0 aliphatic rings. The van der Waals surface area contributed by atoms with E-state index >= 15 is 0 Å². The van der Waals surface area contributed by atoms with Crippen molar-refractivity contribution in [3.63, 3.8) is 0 Å². The standard InChI is InChI=1S/C20H22N2O2S/c1-4-5-15-7-9-18(19(13-15)23-3)24-10-11-25-20-21-16-8-6-14(2)12-17(16)22-20/h4,6-9,12-13H,1,5,10-11H2,2-3H3,(H,21,22). The highest BCUT2D eigenvalue weighted by Gasteiger charge is 2.07. The summed E-state index contributed by atoms with van der Waals surface area (Å²) in [6, 6.07) is 12.2. The number of hydrogen-bond donors (Lipinski definition) is 1. The molecule has 1 N–H and O–H groups in total. The van der Waals surface area contributed by atoms with Crippen LogP contribution < -0.4 is 9.47 Å². The highest BCUT2D eigenvalue weighted by atomic mass is 32.2. The molecule has 3 aromatic rings. The Bertz CT molecular complexity index is 873. The number of aromatic amines is 1. The Labute approximate surface area is 152 Å². The van der Waals surface area contributed by atoms with E-state index in [2.05, 4.69) is 35.6 Å². The lowest BCUT2D eigenvalue weighted by molar-refractivity contribution is 0.313. The number of benzene rings is 2. The maximum absolute atomic E-state index is 5.86. The molecule has 1 aromatic heterocycles. The number of imidazole rings is 1. The van der Waals surface area contributed by atoms with Gasteiger partial charge in [0.15, 0.2) is 16.7 Å². The summed E-state index contributed by atoms with van der Waals surface area (Å²) in [4.78, 5) is 7.92. The summed E-state index contributed by atoms with van der Waals surface area (Å²) in [5.41, 5.74) is 4.45. The van der Waals surface area contributed by atoms with Gasteiger partial charge in [-0.2, -0.15) is 0 Å². The van der Waals surface area contributed by atoms with Gasteiger partial charge in [-0.3, -0.25) is 0 Å². The summed E-state index contributed by atoms with van der Waals surface area (Å²) in [5.74, 6) is 2.32. The molecule has 0 amide bonds. The van der Waals surface area contributed by atoms with Crippen LogP contribution in [-0.2, 0) is 6.42 Å². The minimum atomic E-state index is 0.581. The lowest BCUT2D eigenvalue weighted by Crippen LogP contribution is -2.02. The number of fused-ring (bicyclic) bond motifs is 1. The third kappa shape index (κ3) is 4.37. The molecule has 0 fully saturated rings. The van der Waals surface area contributed by atoms with E-state index in [4.69, 9.17) is 9.47 Å². The van der Waals surface area contributed by atoms with E-state index in [1.165, 1.54) is 5.56 Å². The van der Waals surface area contributed by atoms with Gasteiger partial charge in [-0.05, 0) is 48.7 Å². The number of thioether (sulfide) groups is 1. The molecule has 1 heterocycles. The summed E-state index contributed by atoms with van der Waals surface area (Å²) >= 11 is 1.65. The number of aromatic nitrogens is 2. The van der Waals surface area contributed by atoms with E-state index in [1.807, 2.05) is 30.3 Å². The SMILES string of the molecule is C=CCc1ccc(OCCSc2nc3ccc(C)cc3[nH]2)c(OC)c1. The van der Waals surface area contributed by atoms with Crippen LogP contribution in [0.15, 0.2) is 54.2 Å².